The minimum atomic E-state index is -4.00. The number of hydrogen-bond acceptors (Lipinski definition) is 2. The first kappa shape index (κ1) is 13.7. The number of piperidine rings is 1. The summed E-state index contributed by atoms with van der Waals surface area (Å²) in [6.07, 6.45) is 0.736. The van der Waals surface area contributed by atoms with Gasteiger partial charge in [-0.15, -0.1) is 0 Å². The molecule has 1 aliphatic carbocycles. The highest BCUT2D eigenvalue weighted by atomic mass is 19.4. The van der Waals surface area contributed by atoms with Gasteiger partial charge >= 0.3 is 6.18 Å². The second-order valence-corrected chi connectivity index (χ2v) is 6.42. The summed E-state index contributed by atoms with van der Waals surface area (Å²) in [5, 5.41) is 3.41. The standard InChI is InChI=1S/C14H23F3N2/c15-14(16,17)11-4-1-5-12(7-11)19-6-2-3-10-8-18-9-13(10)19/h10-13,18H,1-9H2. The molecule has 0 aromatic carbocycles. The third-order valence-electron chi connectivity index (χ3n) is 5.30. The van der Waals surface area contributed by atoms with Gasteiger partial charge in [0.25, 0.3) is 0 Å². The van der Waals surface area contributed by atoms with Crippen LogP contribution in [0.2, 0.25) is 0 Å². The van der Waals surface area contributed by atoms with Crippen LogP contribution in [0.1, 0.15) is 38.5 Å². The Balaban J connectivity index is 1.67. The Hall–Kier alpha value is -0.290. The lowest BCUT2D eigenvalue weighted by Gasteiger charge is -2.45. The molecule has 0 spiro atoms. The van der Waals surface area contributed by atoms with Crippen LogP contribution in [-0.2, 0) is 0 Å². The van der Waals surface area contributed by atoms with Gasteiger partial charge in [-0.2, -0.15) is 13.2 Å². The van der Waals surface area contributed by atoms with E-state index in [-0.39, 0.29) is 6.04 Å². The molecule has 3 aliphatic rings. The van der Waals surface area contributed by atoms with Crippen LogP contribution in [0.25, 0.3) is 0 Å². The Morgan fingerprint density at radius 2 is 1.84 bits per heavy atom. The molecular weight excluding hydrogens is 253 g/mol. The van der Waals surface area contributed by atoms with Gasteiger partial charge in [0.2, 0.25) is 0 Å². The number of hydrogen-bond donors (Lipinski definition) is 1. The van der Waals surface area contributed by atoms with Crippen molar-refractivity contribution in [3.05, 3.63) is 0 Å². The van der Waals surface area contributed by atoms with Gasteiger partial charge in [0.1, 0.15) is 0 Å². The van der Waals surface area contributed by atoms with Gasteiger partial charge < -0.3 is 5.32 Å². The first-order chi connectivity index (χ1) is 9.05. The van der Waals surface area contributed by atoms with Gasteiger partial charge in [-0.25, -0.2) is 0 Å². The summed E-state index contributed by atoms with van der Waals surface area (Å²) in [6.45, 7) is 3.02. The van der Waals surface area contributed by atoms with Gasteiger partial charge in [0.05, 0.1) is 5.92 Å². The molecule has 19 heavy (non-hydrogen) atoms. The molecule has 0 amide bonds. The van der Waals surface area contributed by atoms with Crippen LogP contribution < -0.4 is 5.32 Å². The number of nitrogens with one attached hydrogen (secondary N) is 1. The topological polar surface area (TPSA) is 15.3 Å². The summed E-state index contributed by atoms with van der Waals surface area (Å²) in [7, 11) is 0. The maximum atomic E-state index is 12.9. The van der Waals surface area contributed by atoms with E-state index in [4.69, 9.17) is 0 Å². The monoisotopic (exact) mass is 276 g/mol. The van der Waals surface area contributed by atoms with E-state index in [1.165, 1.54) is 6.42 Å². The molecule has 4 unspecified atom stereocenters. The van der Waals surface area contributed by atoms with Crippen molar-refractivity contribution in [1.82, 2.24) is 10.2 Å². The summed E-state index contributed by atoms with van der Waals surface area (Å²) < 4.78 is 38.8. The first-order valence-electron chi connectivity index (χ1n) is 7.59. The van der Waals surface area contributed by atoms with Crippen LogP contribution in [-0.4, -0.2) is 42.8 Å². The molecule has 2 aliphatic heterocycles. The van der Waals surface area contributed by atoms with E-state index in [9.17, 15) is 13.2 Å². The molecule has 0 bridgehead atoms. The summed E-state index contributed by atoms with van der Waals surface area (Å²) in [5.41, 5.74) is 0. The first-order valence-corrected chi connectivity index (χ1v) is 7.59. The molecule has 1 N–H and O–H groups in total. The fourth-order valence-corrected chi connectivity index (χ4v) is 4.32. The lowest BCUT2D eigenvalue weighted by molar-refractivity contribution is -0.188. The minimum absolute atomic E-state index is 0.160. The SMILES string of the molecule is FC(F)(F)C1CCCC(N2CCCC3CNCC32)C1. The molecule has 4 atom stereocenters. The minimum Gasteiger partial charge on any atom is -0.315 e. The maximum Gasteiger partial charge on any atom is 0.391 e. The highest BCUT2D eigenvalue weighted by Gasteiger charge is 2.45. The third-order valence-corrected chi connectivity index (χ3v) is 5.30. The van der Waals surface area contributed by atoms with Crippen LogP contribution in [0.15, 0.2) is 0 Å². The fourth-order valence-electron chi connectivity index (χ4n) is 4.32. The highest BCUT2D eigenvalue weighted by Crippen LogP contribution is 2.41. The Bertz CT molecular complexity index is 318. The number of nitrogens with zero attached hydrogens (tertiary/aromatic N) is 1. The van der Waals surface area contributed by atoms with E-state index in [1.54, 1.807) is 0 Å². The summed E-state index contributed by atoms with van der Waals surface area (Å²) in [4.78, 5) is 2.41. The largest absolute Gasteiger partial charge is 0.391 e. The van der Waals surface area contributed by atoms with Crippen LogP contribution in [0.4, 0.5) is 13.2 Å². The smallest absolute Gasteiger partial charge is 0.315 e. The molecule has 0 aromatic heterocycles. The Kier molecular flexibility index (Phi) is 3.78. The summed E-state index contributed by atoms with van der Waals surface area (Å²) in [6, 6.07) is 0.652. The van der Waals surface area contributed by atoms with E-state index in [0.717, 1.165) is 38.9 Å². The summed E-state index contributed by atoms with van der Waals surface area (Å²) in [5.74, 6) is -0.402. The Morgan fingerprint density at radius 1 is 1.00 bits per heavy atom. The van der Waals surface area contributed by atoms with E-state index in [1.807, 2.05) is 0 Å². The molecule has 2 heterocycles. The van der Waals surface area contributed by atoms with Crippen molar-refractivity contribution in [1.29, 1.82) is 0 Å². The molecule has 0 radical (unpaired) electrons. The van der Waals surface area contributed by atoms with Gasteiger partial charge in [-0.3, -0.25) is 4.90 Å². The van der Waals surface area contributed by atoms with Crippen molar-refractivity contribution < 1.29 is 13.2 Å². The van der Waals surface area contributed by atoms with Crippen LogP contribution in [0.5, 0.6) is 0 Å². The molecule has 110 valence electrons. The number of fused-ring (bicyclic) bond motifs is 1. The van der Waals surface area contributed by atoms with Crippen molar-refractivity contribution in [3.8, 4) is 0 Å². The molecule has 5 heteroatoms. The number of alkyl halides is 3. The second-order valence-electron chi connectivity index (χ2n) is 6.42. The lowest BCUT2D eigenvalue weighted by atomic mass is 9.81. The molecular formula is C14H23F3N2. The van der Waals surface area contributed by atoms with E-state index >= 15 is 0 Å². The van der Waals surface area contributed by atoms with Crippen LogP contribution in [0, 0.1) is 11.8 Å². The lowest BCUT2D eigenvalue weighted by Crippen LogP contribution is -2.52. The molecule has 2 nitrogen and oxygen atoms in total. The van der Waals surface area contributed by atoms with Gasteiger partial charge in [-0.1, -0.05) is 6.42 Å². The Labute approximate surface area is 112 Å². The fraction of sp³-hybridized carbons (Fsp3) is 1.00. The Morgan fingerprint density at radius 3 is 2.63 bits per heavy atom. The summed E-state index contributed by atoms with van der Waals surface area (Å²) >= 11 is 0. The van der Waals surface area contributed by atoms with Gasteiger partial charge in [0.15, 0.2) is 0 Å². The van der Waals surface area contributed by atoms with E-state index in [2.05, 4.69) is 10.2 Å². The van der Waals surface area contributed by atoms with Crippen molar-refractivity contribution in [2.75, 3.05) is 19.6 Å². The zero-order chi connectivity index (χ0) is 13.5. The number of likely N-dealkylation sites (tertiary alicyclic amines) is 1. The molecule has 2 saturated heterocycles. The van der Waals surface area contributed by atoms with Crippen LogP contribution in [0.3, 0.4) is 0 Å². The van der Waals surface area contributed by atoms with E-state index in [0.29, 0.717) is 24.8 Å². The van der Waals surface area contributed by atoms with E-state index < -0.39 is 12.1 Å². The number of rotatable bonds is 1. The third kappa shape index (κ3) is 2.77. The quantitative estimate of drug-likeness (QED) is 0.792. The molecule has 1 saturated carbocycles. The van der Waals surface area contributed by atoms with Gasteiger partial charge in [-0.05, 0) is 51.1 Å². The predicted octanol–water partition coefficient (Wildman–Crippen LogP) is 2.79. The van der Waals surface area contributed by atoms with Crippen molar-refractivity contribution in [3.63, 3.8) is 0 Å². The normalized spacial score (nSPS) is 41.2. The zero-order valence-corrected chi connectivity index (χ0v) is 11.3. The number of halogens is 3. The molecule has 0 aromatic rings. The predicted molar refractivity (Wildman–Crippen MR) is 67.9 cm³/mol. The molecule has 3 rings (SSSR count). The highest BCUT2D eigenvalue weighted by molar-refractivity contribution is 4.96. The zero-order valence-electron chi connectivity index (χ0n) is 11.3. The van der Waals surface area contributed by atoms with Crippen LogP contribution >= 0.6 is 0 Å². The maximum absolute atomic E-state index is 12.9. The second kappa shape index (κ2) is 5.24. The van der Waals surface area contributed by atoms with Crippen molar-refractivity contribution >= 4 is 0 Å². The van der Waals surface area contributed by atoms with Gasteiger partial charge in [0, 0.05) is 18.6 Å². The average molecular weight is 276 g/mol. The van der Waals surface area contributed by atoms with Crippen molar-refractivity contribution in [2.24, 2.45) is 11.8 Å². The average Bonchev–Trinajstić information content (AvgIpc) is 2.86. The van der Waals surface area contributed by atoms with Crippen molar-refractivity contribution in [2.45, 2.75) is 56.8 Å². The molecule has 3 fully saturated rings.